The fourth-order valence-electron chi connectivity index (χ4n) is 2.38. The summed E-state index contributed by atoms with van der Waals surface area (Å²) in [5.74, 6) is -0.145. The van der Waals surface area contributed by atoms with E-state index in [0.29, 0.717) is 11.4 Å². The molecule has 0 bridgehead atoms. The highest BCUT2D eigenvalue weighted by atomic mass is 19.1. The minimum atomic E-state index is -0.145. The third-order valence-corrected chi connectivity index (χ3v) is 3.45. The molecule has 3 heteroatoms. The maximum Gasteiger partial charge on any atom is 0.131 e. The molecule has 2 aromatic carbocycles. The van der Waals surface area contributed by atoms with Gasteiger partial charge in [0, 0.05) is 31.1 Å². The predicted molar refractivity (Wildman–Crippen MR) is 83.4 cm³/mol. The number of nitrogens with one attached hydrogen (secondary N) is 1. The highest BCUT2D eigenvalue weighted by molar-refractivity contribution is 5.86. The molecule has 0 atom stereocenters. The van der Waals surface area contributed by atoms with Crippen molar-refractivity contribution in [2.75, 3.05) is 20.1 Å². The van der Waals surface area contributed by atoms with E-state index in [1.54, 1.807) is 6.07 Å². The zero-order valence-electron chi connectivity index (χ0n) is 12.5. The molecule has 20 heavy (non-hydrogen) atoms. The Balaban J connectivity index is 2.08. The molecule has 2 rings (SSSR count). The van der Waals surface area contributed by atoms with Gasteiger partial charge >= 0.3 is 0 Å². The van der Waals surface area contributed by atoms with E-state index in [-0.39, 0.29) is 5.82 Å². The van der Waals surface area contributed by atoms with Gasteiger partial charge in [0.15, 0.2) is 0 Å². The molecule has 0 amide bonds. The van der Waals surface area contributed by atoms with Crippen LogP contribution in [0.4, 0.5) is 4.39 Å². The van der Waals surface area contributed by atoms with Gasteiger partial charge in [-0.05, 0) is 24.1 Å². The summed E-state index contributed by atoms with van der Waals surface area (Å²) >= 11 is 0. The van der Waals surface area contributed by atoms with Gasteiger partial charge in [0.1, 0.15) is 5.82 Å². The van der Waals surface area contributed by atoms with Crippen LogP contribution in [0.25, 0.3) is 10.8 Å². The van der Waals surface area contributed by atoms with Gasteiger partial charge in [0.2, 0.25) is 0 Å². The molecule has 0 fully saturated rings. The summed E-state index contributed by atoms with van der Waals surface area (Å²) in [5, 5.41) is 5.12. The number of hydrogen-bond acceptors (Lipinski definition) is 2. The summed E-state index contributed by atoms with van der Waals surface area (Å²) in [6.07, 6.45) is 0. The fourth-order valence-corrected chi connectivity index (χ4v) is 2.38. The molecule has 0 heterocycles. The standard InChI is InChI=1S/C17H23FN2/c1-13(2)19-10-11-20(3)12-14-8-9-17(18)16-7-5-4-6-15(14)16/h4-9,13,19H,10-12H2,1-3H3. The monoisotopic (exact) mass is 274 g/mol. The van der Waals surface area contributed by atoms with Crippen molar-refractivity contribution in [3.63, 3.8) is 0 Å². The van der Waals surface area contributed by atoms with Crippen LogP contribution in [0.15, 0.2) is 36.4 Å². The Labute approximate surface area is 120 Å². The van der Waals surface area contributed by atoms with Crippen LogP contribution < -0.4 is 5.32 Å². The van der Waals surface area contributed by atoms with E-state index >= 15 is 0 Å². The molecule has 0 saturated heterocycles. The van der Waals surface area contributed by atoms with Gasteiger partial charge in [-0.25, -0.2) is 4.39 Å². The molecule has 0 aliphatic carbocycles. The van der Waals surface area contributed by atoms with Crippen LogP contribution in [0.1, 0.15) is 19.4 Å². The fraction of sp³-hybridized carbons (Fsp3) is 0.412. The molecule has 0 radical (unpaired) electrons. The largest absolute Gasteiger partial charge is 0.313 e. The lowest BCUT2D eigenvalue weighted by Gasteiger charge is -2.19. The maximum absolute atomic E-state index is 13.8. The van der Waals surface area contributed by atoms with Gasteiger partial charge in [-0.1, -0.05) is 44.2 Å². The Hall–Kier alpha value is -1.45. The van der Waals surface area contributed by atoms with E-state index < -0.39 is 0 Å². The summed E-state index contributed by atoms with van der Waals surface area (Å²) < 4.78 is 13.8. The van der Waals surface area contributed by atoms with Gasteiger partial charge in [-0.2, -0.15) is 0 Å². The minimum absolute atomic E-state index is 0.145. The molecular weight excluding hydrogens is 251 g/mol. The van der Waals surface area contributed by atoms with E-state index in [2.05, 4.69) is 31.1 Å². The molecule has 0 aliphatic heterocycles. The molecule has 0 spiro atoms. The van der Waals surface area contributed by atoms with Crippen LogP contribution in [0.5, 0.6) is 0 Å². The second-order valence-electron chi connectivity index (χ2n) is 5.60. The molecule has 0 unspecified atom stereocenters. The first-order valence-electron chi connectivity index (χ1n) is 7.16. The van der Waals surface area contributed by atoms with Crippen molar-refractivity contribution in [1.29, 1.82) is 0 Å². The van der Waals surface area contributed by atoms with Crippen molar-refractivity contribution in [2.24, 2.45) is 0 Å². The van der Waals surface area contributed by atoms with E-state index in [1.165, 1.54) is 5.56 Å². The van der Waals surface area contributed by atoms with Crippen LogP contribution in [-0.2, 0) is 6.54 Å². The van der Waals surface area contributed by atoms with Gasteiger partial charge in [-0.15, -0.1) is 0 Å². The van der Waals surface area contributed by atoms with Crippen LogP contribution >= 0.6 is 0 Å². The summed E-state index contributed by atoms with van der Waals surface area (Å²) in [4.78, 5) is 2.26. The lowest BCUT2D eigenvalue weighted by Crippen LogP contribution is -2.32. The Bertz CT molecular complexity index is 566. The second kappa shape index (κ2) is 6.82. The lowest BCUT2D eigenvalue weighted by molar-refractivity contribution is 0.321. The van der Waals surface area contributed by atoms with Crippen molar-refractivity contribution in [3.05, 3.63) is 47.8 Å². The summed E-state index contributed by atoms with van der Waals surface area (Å²) in [7, 11) is 2.10. The first kappa shape index (κ1) is 14.9. The number of hydrogen-bond donors (Lipinski definition) is 1. The van der Waals surface area contributed by atoms with Gasteiger partial charge < -0.3 is 10.2 Å². The number of fused-ring (bicyclic) bond motifs is 1. The van der Waals surface area contributed by atoms with Crippen molar-refractivity contribution < 1.29 is 4.39 Å². The molecule has 0 aliphatic rings. The molecule has 1 N–H and O–H groups in total. The van der Waals surface area contributed by atoms with Crippen LogP contribution in [0.2, 0.25) is 0 Å². The van der Waals surface area contributed by atoms with E-state index in [0.717, 1.165) is 25.0 Å². The third-order valence-electron chi connectivity index (χ3n) is 3.45. The zero-order chi connectivity index (χ0) is 14.5. The smallest absolute Gasteiger partial charge is 0.131 e. The average molecular weight is 274 g/mol. The van der Waals surface area contributed by atoms with Gasteiger partial charge in [0.05, 0.1) is 0 Å². The number of nitrogens with zero attached hydrogens (tertiary/aromatic N) is 1. The van der Waals surface area contributed by atoms with Crippen LogP contribution in [0.3, 0.4) is 0 Å². The van der Waals surface area contributed by atoms with Gasteiger partial charge in [-0.3, -0.25) is 0 Å². The number of benzene rings is 2. The van der Waals surface area contributed by atoms with Crippen molar-refractivity contribution in [1.82, 2.24) is 10.2 Å². The quantitative estimate of drug-likeness (QED) is 0.868. The van der Waals surface area contributed by atoms with Crippen molar-refractivity contribution in [3.8, 4) is 0 Å². The summed E-state index contributed by atoms with van der Waals surface area (Å²) in [5.41, 5.74) is 1.18. The third kappa shape index (κ3) is 3.78. The Morgan fingerprint density at radius 2 is 1.80 bits per heavy atom. The van der Waals surface area contributed by atoms with Gasteiger partial charge in [0.25, 0.3) is 0 Å². The average Bonchev–Trinajstić information content (AvgIpc) is 2.42. The SMILES string of the molecule is CC(C)NCCN(C)Cc1ccc(F)c2ccccc12. The highest BCUT2D eigenvalue weighted by Crippen LogP contribution is 2.22. The van der Waals surface area contributed by atoms with Crippen molar-refractivity contribution >= 4 is 10.8 Å². The highest BCUT2D eigenvalue weighted by Gasteiger charge is 2.07. The molecule has 0 saturated carbocycles. The number of likely N-dealkylation sites (N-methyl/N-ethyl adjacent to an activating group) is 1. The van der Waals surface area contributed by atoms with Crippen LogP contribution in [-0.4, -0.2) is 31.1 Å². The molecule has 108 valence electrons. The molecule has 2 aromatic rings. The molecule has 2 nitrogen and oxygen atoms in total. The Morgan fingerprint density at radius 3 is 2.50 bits per heavy atom. The van der Waals surface area contributed by atoms with Crippen molar-refractivity contribution in [2.45, 2.75) is 26.4 Å². The lowest BCUT2D eigenvalue weighted by atomic mass is 10.0. The zero-order valence-corrected chi connectivity index (χ0v) is 12.5. The summed E-state index contributed by atoms with van der Waals surface area (Å²) in [6, 6.07) is 11.6. The molecule has 0 aromatic heterocycles. The van der Waals surface area contributed by atoms with E-state index in [4.69, 9.17) is 0 Å². The molecular formula is C17H23FN2. The first-order valence-corrected chi connectivity index (χ1v) is 7.16. The number of halogens is 1. The second-order valence-corrected chi connectivity index (χ2v) is 5.60. The van der Waals surface area contributed by atoms with E-state index in [1.807, 2.05) is 30.3 Å². The Morgan fingerprint density at radius 1 is 1.10 bits per heavy atom. The normalized spacial score (nSPS) is 11.7. The van der Waals surface area contributed by atoms with E-state index in [9.17, 15) is 4.39 Å². The maximum atomic E-state index is 13.8. The topological polar surface area (TPSA) is 15.3 Å². The Kier molecular flexibility index (Phi) is 5.10. The number of rotatable bonds is 6. The summed E-state index contributed by atoms with van der Waals surface area (Å²) in [6.45, 7) is 7.07. The van der Waals surface area contributed by atoms with Crippen LogP contribution in [0, 0.1) is 5.82 Å². The first-order chi connectivity index (χ1) is 9.58. The minimum Gasteiger partial charge on any atom is -0.313 e. The predicted octanol–water partition coefficient (Wildman–Crippen LogP) is 3.41.